The molecule has 144 valence electrons. The Bertz CT molecular complexity index is 915. The number of sulfonamides is 1. The summed E-state index contributed by atoms with van der Waals surface area (Å²) in [6.07, 6.45) is 0. The number of nitrogens with one attached hydrogen (secondary N) is 1. The summed E-state index contributed by atoms with van der Waals surface area (Å²) < 4.78 is 26.0. The van der Waals surface area contributed by atoms with Gasteiger partial charge in [0.1, 0.15) is 0 Å². The molecule has 2 amide bonds. The number of thioether (sulfide) groups is 1. The Morgan fingerprint density at radius 1 is 0.963 bits per heavy atom. The number of hydrogen-bond acceptors (Lipinski definition) is 5. The first-order chi connectivity index (χ1) is 12.7. The summed E-state index contributed by atoms with van der Waals surface area (Å²) in [5.74, 6) is -0.498. The summed E-state index contributed by atoms with van der Waals surface area (Å²) in [6, 6.07) is 14.8. The van der Waals surface area contributed by atoms with E-state index in [9.17, 15) is 18.0 Å². The lowest BCUT2D eigenvalue weighted by atomic mass is 10.3. The van der Waals surface area contributed by atoms with Gasteiger partial charge in [0.05, 0.1) is 17.1 Å². The molecule has 9 heteroatoms. The third-order valence-corrected chi connectivity index (χ3v) is 6.47. The molecule has 0 aliphatic carbocycles. The van der Waals surface area contributed by atoms with Gasteiger partial charge in [-0.05, 0) is 36.0 Å². The molecule has 0 saturated heterocycles. The summed E-state index contributed by atoms with van der Waals surface area (Å²) in [5, 5.41) is 2.49. The van der Waals surface area contributed by atoms with Crippen molar-refractivity contribution in [1.29, 1.82) is 0 Å². The molecule has 7 nitrogen and oxygen atoms in total. The number of nitrogens with zero attached hydrogens (tertiary/aromatic N) is 2. The summed E-state index contributed by atoms with van der Waals surface area (Å²) in [4.78, 5) is 26.4. The fraction of sp³-hybridized carbons (Fsp3) is 0.222. The number of anilines is 1. The van der Waals surface area contributed by atoms with Crippen LogP contribution in [0.5, 0.6) is 0 Å². The van der Waals surface area contributed by atoms with Crippen molar-refractivity contribution in [3.05, 3.63) is 54.6 Å². The number of benzene rings is 2. The average Bonchev–Trinajstić information content (AvgIpc) is 2.63. The van der Waals surface area contributed by atoms with Crippen LogP contribution in [-0.4, -0.2) is 56.5 Å². The number of carbonyl (C=O) groups is 2. The molecule has 2 aromatic rings. The highest BCUT2D eigenvalue weighted by Crippen LogP contribution is 2.28. The zero-order chi connectivity index (χ0) is 20.0. The number of amides is 2. The van der Waals surface area contributed by atoms with Gasteiger partial charge in [0.2, 0.25) is 15.9 Å². The smallest absolute Gasteiger partial charge is 0.286 e. The fourth-order valence-electron chi connectivity index (χ4n) is 2.09. The summed E-state index contributed by atoms with van der Waals surface area (Å²) in [6.45, 7) is -0.349. The summed E-state index contributed by atoms with van der Waals surface area (Å²) in [7, 11) is 0.863. The van der Waals surface area contributed by atoms with E-state index in [1.165, 1.54) is 24.1 Å². The molecular weight excluding hydrogens is 386 g/mol. The number of para-hydroxylation sites is 1. The Morgan fingerprint density at radius 2 is 1.56 bits per heavy atom. The van der Waals surface area contributed by atoms with Gasteiger partial charge in [-0.2, -0.15) is 4.31 Å². The SMILES string of the molecule is CN(C)C(=O)Sc1ccccc1NC(=O)CN(C)S(=O)(=O)c1ccccc1. The lowest BCUT2D eigenvalue weighted by Crippen LogP contribution is -2.35. The third kappa shape index (κ3) is 5.56. The van der Waals surface area contributed by atoms with E-state index in [-0.39, 0.29) is 16.7 Å². The first-order valence-corrected chi connectivity index (χ1v) is 10.3. The average molecular weight is 408 g/mol. The molecule has 2 rings (SSSR count). The molecule has 0 aliphatic rings. The van der Waals surface area contributed by atoms with Crippen LogP contribution in [0.15, 0.2) is 64.4 Å². The highest BCUT2D eigenvalue weighted by molar-refractivity contribution is 8.13. The summed E-state index contributed by atoms with van der Waals surface area (Å²) in [5.41, 5.74) is 0.452. The van der Waals surface area contributed by atoms with Crippen molar-refractivity contribution >= 4 is 38.6 Å². The predicted molar refractivity (Wildman–Crippen MR) is 106 cm³/mol. The second kappa shape index (κ2) is 9.03. The topological polar surface area (TPSA) is 86.8 Å². The Labute approximate surface area is 163 Å². The Kier molecular flexibility index (Phi) is 7.00. The molecule has 0 bridgehead atoms. The van der Waals surface area contributed by atoms with Crippen molar-refractivity contribution in [2.24, 2.45) is 0 Å². The van der Waals surface area contributed by atoms with E-state index < -0.39 is 15.9 Å². The van der Waals surface area contributed by atoms with Crippen molar-refractivity contribution < 1.29 is 18.0 Å². The maximum absolute atomic E-state index is 12.5. The monoisotopic (exact) mass is 407 g/mol. The predicted octanol–water partition coefficient (Wildman–Crippen LogP) is 2.72. The van der Waals surface area contributed by atoms with Crippen LogP contribution >= 0.6 is 11.8 Å². The zero-order valence-electron chi connectivity index (χ0n) is 15.2. The molecule has 2 aromatic carbocycles. The molecule has 0 radical (unpaired) electrons. The zero-order valence-corrected chi connectivity index (χ0v) is 16.9. The lowest BCUT2D eigenvalue weighted by Gasteiger charge is -2.18. The largest absolute Gasteiger partial charge is 0.339 e. The normalized spacial score (nSPS) is 11.3. The standard InChI is InChI=1S/C18H21N3O4S2/c1-20(2)18(23)26-16-12-8-7-11-15(16)19-17(22)13-21(3)27(24,25)14-9-5-4-6-10-14/h4-12H,13H2,1-3H3,(H,19,22). The van der Waals surface area contributed by atoms with Gasteiger partial charge in [-0.25, -0.2) is 8.42 Å². The van der Waals surface area contributed by atoms with Crippen LogP contribution in [0.1, 0.15) is 0 Å². The Morgan fingerprint density at radius 3 is 2.19 bits per heavy atom. The number of hydrogen-bond donors (Lipinski definition) is 1. The maximum Gasteiger partial charge on any atom is 0.286 e. The van der Waals surface area contributed by atoms with Crippen LogP contribution in [0.3, 0.4) is 0 Å². The summed E-state index contributed by atoms with van der Waals surface area (Å²) >= 11 is 0.982. The number of carbonyl (C=O) groups excluding carboxylic acids is 2. The minimum absolute atomic E-state index is 0.118. The van der Waals surface area contributed by atoms with Crippen molar-refractivity contribution in [3.8, 4) is 0 Å². The molecule has 0 aliphatic heterocycles. The van der Waals surface area contributed by atoms with E-state index in [2.05, 4.69) is 5.32 Å². The van der Waals surface area contributed by atoms with E-state index in [1.807, 2.05) is 0 Å². The van der Waals surface area contributed by atoms with Gasteiger partial charge >= 0.3 is 0 Å². The molecule has 0 fully saturated rings. The highest BCUT2D eigenvalue weighted by Gasteiger charge is 2.23. The van der Waals surface area contributed by atoms with Crippen LogP contribution in [0.25, 0.3) is 0 Å². The maximum atomic E-state index is 12.5. The van der Waals surface area contributed by atoms with E-state index >= 15 is 0 Å². The second-order valence-electron chi connectivity index (χ2n) is 5.88. The van der Waals surface area contributed by atoms with Gasteiger partial charge < -0.3 is 10.2 Å². The molecule has 0 aromatic heterocycles. The van der Waals surface area contributed by atoms with Gasteiger partial charge in [0.25, 0.3) is 5.24 Å². The molecule has 0 spiro atoms. The minimum Gasteiger partial charge on any atom is -0.339 e. The van der Waals surface area contributed by atoms with Gasteiger partial charge in [0.15, 0.2) is 0 Å². The van der Waals surface area contributed by atoms with Crippen LogP contribution < -0.4 is 5.32 Å². The van der Waals surface area contributed by atoms with Gasteiger partial charge in [-0.1, -0.05) is 30.3 Å². The molecular formula is C18H21N3O4S2. The first-order valence-electron chi connectivity index (χ1n) is 8.01. The number of rotatable bonds is 6. The van der Waals surface area contributed by atoms with Crippen LogP contribution in [-0.2, 0) is 14.8 Å². The highest BCUT2D eigenvalue weighted by atomic mass is 32.2. The fourth-order valence-corrected chi connectivity index (χ4v) is 3.99. The minimum atomic E-state index is -3.76. The van der Waals surface area contributed by atoms with Crippen molar-refractivity contribution in [2.45, 2.75) is 9.79 Å². The Hall–Kier alpha value is -2.36. The quantitative estimate of drug-likeness (QED) is 0.744. The third-order valence-electron chi connectivity index (χ3n) is 3.54. The van der Waals surface area contributed by atoms with E-state index in [1.54, 1.807) is 56.6 Å². The van der Waals surface area contributed by atoms with E-state index in [0.29, 0.717) is 10.6 Å². The van der Waals surface area contributed by atoms with Gasteiger partial charge in [-0.3, -0.25) is 9.59 Å². The molecule has 0 heterocycles. The van der Waals surface area contributed by atoms with Crippen molar-refractivity contribution in [1.82, 2.24) is 9.21 Å². The molecule has 0 saturated carbocycles. The van der Waals surface area contributed by atoms with Crippen LogP contribution in [0.4, 0.5) is 10.5 Å². The van der Waals surface area contributed by atoms with Crippen LogP contribution in [0, 0.1) is 0 Å². The molecule has 27 heavy (non-hydrogen) atoms. The molecule has 1 N–H and O–H groups in total. The van der Waals surface area contributed by atoms with E-state index in [4.69, 9.17) is 0 Å². The lowest BCUT2D eigenvalue weighted by molar-refractivity contribution is -0.116. The van der Waals surface area contributed by atoms with Crippen molar-refractivity contribution in [2.75, 3.05) is 33.0 Å². The second-order valence-corrected chi connectivity index (χ2v) is 8.92. The Balaban J connectivity index is 2.09. The number of likely N-dealkylation sites (N-methyl/N-ethyl adjacent to an activating group) is 1. The molecule has 0 atom stereocenters. The molecule has 0 unspecified atom stereocenters. The van der Waals surface area contributed by atoms with Gasteiger partial charge in [-0.15, -0.1) is 0 Å². The van der Waals surface area contributed by atoms with Crippen molar-refractivity contribution in [3.63, 3.8) is 0 Å². The van der Waals surface area contributed by atoms with Crippen LogP contribution in [0.2, 0.25) is 0 Å². The van der Waals surface area contributed by atoms with E-state index in [0.717, 1.165) is 16.1 Å². The first kappa shape index (κ1) is 20.9. The van der Waals surface area contributed by atoms with Gasteiger partial charge in [0, 0.05) is 26.0 Å².